The molecule has 10 heteroatoms. The molecule has 0 atom stereocenters. The molecule has 0 bridgehead atoms. The van der Waals surface area contributed by atoms with Crippen molar-refractivity contribution in [3.63, 3.8) is 0 Å². The number of nitrogens with zero attached hydrogens (tertiary/aromatic N) is 7. The summed E-state index contributed by atoms with van der Waals surface area (Å²) in [6, 6.07) is 11.9. The lowest BCUT2D eigenvalue weighted by atomic mass is 10.2. The molecule has 0 amide bonds. The van der Waals surface area contributed by atoms with E-state index in [1.165, 1.54) is 27.8 Å². The number of para-hydroxylation sites is 2. The number of pyridine rings is 1. The summed E-state index contributed by atoms with van der Waals surface area (Å²) in [5, 5.41) is 15.8. The molecule has 142 valence electrons. The Labute approximate surface area is 162 Å². The summed E-state index contributed by atoms with van der Waals surface area (Å²) in [5.41, 5.74) is 1.59. The Kier molecular flexibility index (Phi) is 3.69. The normalized spacial score (nSPS) is 11.3. The summed E-state index contributed by atoms with van der Waals surface area (Å²) < 4.78 is 4.62. The Morgan fingerprint density at radius 3 is 2.76 bits per heavy atom. The van der Waals surface area contributed by atoms with E-state index in [2.05, 4.69) is 15.1 Å². The van der Waals surface area contributed by atoms with E-state index in [-0.39, 0.29) is 34.5 Å². The fourth-order valence-electron chi connectivity index (χ4n) is 3.27. The summed E-state index contributed by atoms with van der Waals surface area (Å²) in [6.07, 6.45) is 6.51. The zero-order chi connectivity index (χ0) is 20.0. The maximum Gasteiger partial charge on any atom is 0.294 e. The van der Waals surface area contributed by atoms with Crippen LogP contribution < -0.4 is 5.56 Å². The maximum atomic E-state index is 12.9. The maximum absolute atomic E-state index is 12.9. The topological polar surface area (TPSA) is 113 Å². The highest BCUT2D eigenvalue weighted by molar-refractivity contribution is 5.76. The number of fused-ring (bicyclic) bond motifs is 2. The van der Waals surface area contributed by atoms with E-state index in [9.17, 15) is 14.9 Å². The third-order valence-electron chi connectivity index (χ3n) is 4.61. The summed E-state index contributed by atoms with van der Waals surface area (Å²) in [6.45, 7) is 0.250. The van der Waals surface area contributed by atoms with Gasteiger partial charge in [-0.1, -0.05) is 18.2 Å². The zero-order valence-corrected chi connectivity index (χ0v) is 14.9. The van der Waals surface area contributed by atoms with Crippen LogP contribution >= 0.6 is 0 Å². The van der Waals surface area contributed by atoms with Gasteiger partial charge in [0.15, 0.2) is 5.65 Å². The van der Waals surface area contributed by atoms with Crippen LogP contribution in [0.2, 0.25) is 0 Å². The van der Waals surface area contributed by atoms with Gasteiger partial charge in [0, 0.05) is 18.5 Å². The lowest BCUT2D eigenvalue weighted by molar-refractivity contribution is -0.384. The molecule has 5 aromatic rings. The minimum absolute atomic E-state index is 0.117. The van der Waals surface area contributed by atoms with Crippen LogP contribution in [0.4, 0.5) is 5.69 Å². The number of hydrogen-bond acceptors (Lipinski definition) is 6. The van der Waals surface area contributed by atoms with Crippen LogP contribution in [0.5, 0.6) is 0 Å². The van der Waals surface area contributed by atoms with Crippen LogP contribution in [0, 0.1) is 10.1 Å². The molecule has 0 saturated heterocycles. The summed E-state index contributed by atoms with van der Waals surface area (Å²) in [4.78, 5) is 32.6. The van der Waals surface area contributed by atoms with Crippen molar-refractivity contribution < 1.29 is 4.92 Å². The standard InChI is InChI=1S/C19H13N7O3/c27-19-14-9-21-25(15-5-1-2-6-16(15)26(28)29)18(14)20-12-24(19)11-13-10-23-8-4-3-7-17(23)22-13/h1-10,12H,11H2. The Balaban J connectivity index is 1.59. The quantitative estimate of drug-likeness (QED) is 0.345. The second-order valence-electron chi connectivity index (χ2n) is 6.42. The van der Waals surface area contributed by atoms with Crippen LogP contribution in [0.1, 0.15) is 5.69 Å². The van der Waals surface area contributed by atoms with Crippen molar-refractivity contribution in [1.82, 2.24) is 28.7 Å². The molecular weight excluding hydrogens is 374 g/mol. The number of benzene rings is 1. The lowest BCUT2D eigenvalue weighted by Crippen LogP contribution is -2.21. The van der Waals surface area contributed by atoms with Gasteiger partial charge in [0.1, 0.15) is 23.0 Å². The van der Waals surface area contributed by atoms with Crippen molar-refractivity contribution >= 4 is 22.4 Å². The first-order valence-electron chi connectivity index (χ1n) is 8.71. The third-order valence-corrected chi connectivity index (χ3v) is 4.61. The molecule has 0 saturated carbocycles. The first kappa shape index (κ1) is 16.8. The fraction of sp³-hybridized carbons (Fsp3) is 0.0526. The molecule has 0 spiro atoms. The Hall–Kier alpha value is -4.34. The average molecular weight is 387 g/mol. The highest BCUT2D eigenvalue weighted by Crippen LogP contribution is 2.23. The van der Waals surface area contributed by atoms with Crippen molar-refractivity contribution in [1.29, 1.82) is 0 Å². The number of nitro benzene ring substituents is 1. The van der Waals surface area contributed by atoms with Crippen LogP contribution in [0.25, 0.3) is 22.4 Å². The summed E-state index contributed by atoms with van der Waals surface area (Å²) in [7, 11) is 0. The Morgan fingerprint density at radius 2 is 1.93 bits per heavy atom. The van der Waals surface area contributed by atoms with E-state index >= 15 is 0 Å². The number of hydrogen-bond donors (Lipinski definition) is 0. The van der Waals surface area contributed by atoms with Gasteiger partial charge in [-0.05, 0) is 18.2 Å². The molecule has 1 aromatic carbocycles. The molecule has 0 N–H and O–H groups in total. The highest BCUT2D eigenvalue weighted by atomic mass is 16.6. The molecule has 4 heterocycles. The third kappa shape index (κ3) is 2.74. The first-order chi connectivity index (χ1) is 14.1. The van der Waals surface area contributed by atoms with E-state index in [1.807, 2.05) is 35.0 Å². The van der Waals surface area contributed by atoms with Gasteiger partial charge in [-0.3, -0.25) is 19.5 Å². The van der Waals surface area contributed by atoms with Gasteiger partial charge in [-0.25, -0.2) is 14.6 Å². The van der Waals surface area contributed by atoms with Gasteiger partial charge in [0.25, 0.3) is 11.2 Å². The van der Waals surface area contributed by atoms with E-state index in [0.29, 0.717) is 5.69 Å². The van der Waals surface area contributed by atoms with E-state index in [0.717, 1.165) is 5.65 Å². The minimum atomic E-state index is -0.493. The van der Waals surface area contributed by atoms with Gasteiger partial charge in [-0.15, -0.1) is 0 Å². The van der Waals surface area contributed by atoms with Crippen LogP contribution in [-0.2, 0) is 6.54 Å². The van der Waals surface area contributed by atoms with E-state index < -0.39 is 4.92 Å². The SMILES string of the molecule is O=c1c2cnn(-c3ccccc3[N+](=O)[O-])c2ncn1Cc1cn2ccccc2n1. The monoisotopic (exact) mass is 387 g/mol. The Morgan fingerprint density at radius 1 is 1.10 bits per heavy atom. The molecule has 4 aromatic heterocycles. The summed E-state index contributed by atoms with van der Waals surface area (Å²) >= 11 is 0. The van der Waals surface area contributed by atoms with Crippen molar-refractivity contribution in [2.75, 3.05) is 0 Å². The molecule has 0 aliphatic rings. The molecule has 0 aliphatic carbocycles. The van der Waals surface area contributed by atoms with Crippen molar-refractivity contribution in [3.8, 4) is 5.69 Å². The fourth-order valence-corrected chi connectivity index (χ4v) is 3.27. The highest BCUT2D eigenvalue weighted by Gasteiger charge is 2.19. The molecule has 0 aliphatic heterocycles. The zero-order valence-electron chi connectivity index (χ0n) is 14.9. The number of nitro groups is 1. The lowest BCUT2D eigenvalue weighted by Gasteiger charge is -2.05. The van der Waals surface area contributed by atoms with Crippen LogP contribution in [-0.4, -0.2) is 33.6 Å². The molecular formula is C19H13N7O3. The van der Waals surface area contributed by atoms with Crippen molar-refractivity contribution in [2.24, 2.45) is 0 Å². The molecule has 0 radical (unpaired) electrons. The minimum Gasteiger partial charge on any atom is -0.307 e. The smallest absolute Gasteiger partial charge is 0.294 e. The number of imidazole rings is 1. The summed E-state index contributed by atoms with van der Waals surface area (Å²) in [5.74, 6) is 0. The predicted octanol–water partition coefficient (Wildman–Crippen LogP) is 2.19. The van der Waals surface area contributed by atoms with Crippen LogP contribution in [0.15, 0.2) is 72.2 Å². The van der Waals surface area contributed by atoms with Crippen LogP contribution in [0.3, 0.4) is 0 Å². The molecule has 0 fully saturated rings. The van der Waals surface area contributed by atoms with E-state index in [4.69, 9.17) is 0 Å². The molecule has 10 nitrogen and oxygen atoms in total. The average Bonchev–Trinajstić information content (AvgIpc) is 3.34. The van der Waals surface area contributed by atoms with Gasteiger partial charge < -0.3 is 4.40 Å². The molecule has 0 unspecified atom stereocenters. The second-order valence-corrected chi connectivity index (χ2v) is 6.42. The van der Waals surface area contributed by atoms with Gasteiger partial charge in [0.05, 0.1) is 23.4 Å². The first-order valence-corrected chi connectivity index (χ1v) is 8.71. The van der Waals surface area contributed by atoms with Gasteiger partial charge in [-0.2, -0.15) is 5.10 Å². The number of rotatable bonds is 4. The van der Waals surface area contributed by atoms with E-state index in [1.54, 1.807) is 18.2 Å². The van der Waals surface area contributed by atoms with Crippen molar-refractivity contribution in [3.05, 3.63) is 93.5 Å². The molecule has 5 rings (SSSR count). The predicted molar refractivity (Wildman–Crippen MR) is 104 cm³/mol. The Bertz CT molecular complexity index is 1410. The molecule has 29 heavy (non-hydrogen) atoms. The van der Waals surface area contributed by atoms with Crippen molar-refractivity contribution in [2.45, 2.75) is 6.54 Å². The number of aromatic nitrogens is 6. The van der Waals surface area contributed by atoms with Gasteiger partial charge >= 0.3 is 0 Å². The second kappa shape index (κ2) is 6.37. The van der Waals surface area contributed by atoms with Gasteiger partial charge in [0.2, 0.25) is 0 Å². The largest absolute Gasteiger partial charge is 0.307 e.